The third-order valence-corrected chi connectivity index (χ3v) is 4.49. The number of pyridine rings is 2. The van der Waals surface area contributed by atoms with Crippen molar-refractivity contribution in [3.63, 3.8) is 0 Å². The molecule has 6 nitrogen and oxygen atoms in total. The lowest BCUT2D eigenvalue weighted by atomic mass is 10.1. The number of rotatable bonds is 4. The molecule has 3 aromatic rings. The number of Topliss-reactive ketones (excluding diaryl/α,β-unsaturated/α-hetero) is 1. The first-order valence-corrected chi connectivity index (χ1v) is 8.41. The van der Waals surface area contributed by atoms with Crippen LogP contribution in [0.3, 0.4) is 0 Å². The zero-order chi connectivity index (χ0) is 19.0. The maximum absolute atomic E-state index is 13.0. The molecule has 0 aliphatic rings. The molecule has 0 radical (unpaired) electrons. The van der Waals surface area contributed by atoms with Crippen LogP contribution in [0.15, 0.2) is 29.1 Å². The Hall–Kier alpha value is -2.91. The van der Waals surface area contributed by atoms with Crippen molar-refractivity contribution >= 4 is 45.0 Å². The predicted octanol–water partition coefficient (Wildman–Crippen LogP) is 3.06. The number of hydrogen-bond donors (Lipinski definition) is 0. The summed E-state index contributed by atoms with van der Waals surface area (Å²) in [6.07, 6.45) is -0.210. The van der Waals surface area contributed by atoms with Gasteiger partial charge in [-0.1, -0.05) is 11.6 Å². The van der Waals surface area contributed by atoms with Gasteiger partial charge in [0.15, 0.2) is 11.2 Å². The van der Waals surface area contributed by atoms with Crippen molar-refractivity contribution in [3.8, 4) is 6.07 Å². The Morgan fingerprint density at radius 2 is 1.96 bits per heavy atom. The standard InChI is InChI=1S/C19H17ClN4O2/c1-11-4-5-14-18(26)13-6-7-15(20)17(23(2)3)16(13)24(19(14)22-11)10-12(25)8-9-21/h4-7H,8,10H2,1-3H3. The molecule has 26 heavy (non-hydrogen) atoms. The normalized spacial score (nSPS) is 10.9. The van der Waals surface area contributed by atoms with E-state index in [-0.39, 0.29) is 24.2 Å². The van der Waals surface area contributed by atoms with Gasteiger partial charge in [0, 0.05) is 25.2 Å². The third-order valence-electron chi connectivity index (χ3n) is 4.19. The Labute approximate surface area is 155 Å². The van der Waals surface area contributed by atoms with E-state index in [9.17, 15) is 9.59 Å². The second kappa shape index (κ2) is 6.77. The van der Waals surface area contributed by atoms with Gasteiger partial charge < -0.3 is 9.47 Å². The van der Waals surface area contributed by atoms with Gasteiger partial charge in [-0.2, -0.15) is 5.26 Å². The number of nitrogens with zero attached hydrogens (tertiary/aromatic N) is 4. The summed E-state index contributed by atoms with van der Waals surface area (Å²) in [6, 6.07) is 8.69. The molecule has 0 unspecified atom stereocenters. The van der Waals surface area contributed by atoms with E-state index in [1.807, 2.05) is 27.1 Å². The fraction of sp³-hybridized carbons (Fsp3) is 0.263. The fourth-order valence-corrected chi connectivity index (χ4v) is 3.41. The number of aryl methyl sites for hydroxylation is 1. The molecule has 0 bridgehead atoms. The van der Waals surface area contributed by atoms with Gasteiger partial charge in [-0.05, 0) is 31.2 Å². The average molecular weight is 369 g/mol. The lowest BCUT2D eigenvalue weighted by Gasteiger charge is -2.22. The van der Waals surface area contributed by atoms with Crippen LogP contribution in [-0.2, 0) is 11.3 Å². The van der Waals surface area contributed by atoms with Gasteiger partial charge in [-0.3, -0.25) is 9.59 Å². The van der Waals surface area contributed by atoms with E-state index in [2.05, 4.69) is 4.98 Å². The van der Waals surface area contributed by atoms with Crippen LogP contribution >= 0.6 is 11.6 Å². The number of ketones is 1. The van der Waals surface area contributed by atoms with E-state index in [0.29, 0.717) is 32.6 Å². The molecule has 1 aromatic carbocycles. The van der Waals surface area contributed by atoms with Gasteiger partial charge in [-0.15, -0.1) is 0 Å². The molecule has 0 saturated carbocycles. The Kier molecular flexibility index (Phi) is 4.66. The van der Waals surface area contributed by atoms with Gasteiger partial charge in [0.25, 0.3) is 0 Å². The number of anilines is 1. The van der Waals surface area contributed by atoms with Crippen LogP contribution in [0.4, 0.5) is 5.69 Å². The summed E-state index contributed by atoms with van der Waals surface area (Å²) in [5.41, 5.74) is 2.16. The van der Waals surface area contributed by atoms with E-state index >= 15 is 0 Å². The first-order valence-electron chi connectivity index (χ1n) is 8.03. The van der Waals surface area contributed by atoms with Gasteiger partial charge in [0.2, 0.25) is 0 Å². The minimum atomic E-state index is -0.258. The number of nitriles is 1. The van der Waals surface area contributed by atoms with Gasteiger partial charge in [0.05, 0.1) is 40.6 Å². The highest BCUT2D eigenvalue weighted by Crippen LogP contribution is 2.33. The monoisotopic (exact) mass is 368 g/mol. The predicted molar refractivity (Wildman–Crippen MR) is 103 cm³/mol. The van der Waals surface area contributed by atoms with E-state index in [1.54, 1.807) is 33.7 Å². The number of carbonyl (C=O) groups excluding carboxylic acids is 1. The summed E-state index contributed by atoms with van der Waals surface area (Å²) in [6.45, 7) is 1.76. The first-order chi connectivity index (χ1) is 12.3. The lowest BCUT2D eigenvalue weighted by Crippen LogP contribution is -2.20. The molecule has 7 heteroatoms. The molecule has 0 amide bonds. The number of hydrogen-bond acceptors (Lipinski definition) is 5. The Morgan fingerprint density at radius 3 is 2.62 bits per heavy atom. The molecular weight excluding hydrogens is 352 g/mol. The molecule has 0 N–H and O–H groups in total. The molecule has 0 saturated heterocycles. The van der Waals surface area contributed by atoms with Crippen LogP contribution in [-0.4, -0.2) is 29.4 Å². The van der Waals surface area contributed by atoms with Crippen molar-refractivity contribution in [1.82, 2.24) is 9.55 Å². The minimum Gasteiger partial charge on any atom is -0.375 e. The molecule has 132 valence electrons. The maximum Gasteiger partial charge on any atom is 0.198 e. The van der Waals surface area contributed by atoms with Crippen molar-refractivity contribution < 1.29 is 4.79 Å². The lowest BCUT2D eigenvalue weighted by molar-refractivity contribution is -0.118. The number of fused-ring (bicyclic) bond motifs is 2. The molecule has 0 atom stereocenters. The molecule has 0 spiro atoms. The van der Waals surface area contributed by atoms with Crippen molar-refractivity contribution in [2.45, 2.75) is 19.9 Å². The highest BCUT2D eigenvalue weighted by atomic mass is 35.5. The van der Waals surface area contributed by atoms with Crippen LogP contribution in [0.2, 0.25) is 5.02 Å². The van der Waals surface area contributed by atoms with Crippen molar-refractivity contribution in [1.29, 1.82) is 5.26 Å². The van der Waals surface area contributed by atoms with Crippen molar-refractivity contribution in [2.75, 3.05) is 19.0 Å². The zero-order valence-electron chi connectivity index (χ0n) is 14.7. The molecule has 2 heterocycles. The molecule has 3 rings (SSSR count). The van der Waals surface area contributed by atoms with Crippen molar-refractivity contribution in [2.24, 2.45) is 0 Å². The molecule has 0 fully saturated rings. The molecule has 0 aliphatic heterocycles. The largest absolute Gasteiger partial charge is 0.375 e. The molecule has 0 aliphatic carbocycles. The summed E-state index contributed by atoms with van der Waals surface area (Å²) in [4.78, 5) is 31.5. The van der Waals surface area contributed by atoms with Gasteiger partial charge >= 0.3 is 0 Å². The van der Waals surface area contributed by atoms with Gasteiger partial charge in [0.1, 0.15) is 5.65 Å². The van der Waals surface area contributed by atoms with E-state index in [4.69, 9.17) is 16.9 Å². The Balaban J connectivity index is 2.55. The SMILES string of the molecule is Cc1ccc2c(=O)c3ccc(Cl)c(N(C)C)c3n(CC(=O)CC#N)c2n1. The highest BCUT2D eigenvalue weighted by molar-refractivity contribution is 6.35. The van der Waals surface area contributed by atoms with Crippen LogP contribution in [0.25, 0.3) is 21.9 Å². The highest BCUT2D eigenvalue weighted by Gasteiger charge is 2.19. The Morgan fingerprint density at radius 1 is 1.27 bits per heavy atom. The Bertz CT molecular complexity index is 1140. The summed E-state index contributed by atoms with van der Waals surface area (Å²) >= 11 is 6.39. The number of aromatic nitrogens is 2. The number of benzene rings is 1. The number of halogens is 1. The summed E-state index contributed by atoms with van der Waals surface area (Å²) in [5.74, 6) is -0.258. The summed E-state index contributed by atoms with van der Waals surface area (Å²) in [7, 11) is 3.64. The quantitative estimate of drug-likeness (QED) is 0.661. The summed E-state index contributed by atoms with van der Waals surface area (Å²) in [5, 5.41) is 10.2. The van der Waals surface area contributed by atoms with Crippen LogP contribution in [0.1, 0.15) is 12.1 Å². The second-order valence-electron chi connectivity index (χ2n) is 6.30. The topological polar surface area (TPSA) is 79.0 Å². The van der Waals surface area contributed by atoms with Crippen LogP contribution in [0, 0.1) is 18.3 Å². The zero-order valence-corrected chi connectivity index (χ0v) is 15.5. The maximum atomic E-state index is 13.0. The molecular formula is C19H17ClN4O2. The van der Waals surface area contributed by atoms with Gasteiger partial charge in [-0.25, -0.2) is 4.98 Å². The summed E-state index contributed by atoms with van der Waals surface area (Å²) < 4.78 is 1.69. The van der Waals surface area contributed by atoms with Crippen LogP contribution in [0.5, 0.6) is 0 Å². The number of carbonyl (C=O) groups is 1. The minimum absolute atomic E-state index is 0.0571. The van der Waals surface area contributed by atoms with Crippen LogP contribution < -0.4 is 10.3 Å². The average Bonchev–Trinajstić information content (AvgIpc) is 2.58. The smallest absolute Gasteiger partial charge is 0.198 e. The fourth-order valence-electron chi connectivity index (χ4n) is 3.09. The van der Waals surface area contributed by atoms with Crippen molar-refractivity contribution in [3.05, 3.63) is 45.2 Å². The third kappa shape index (κ3) is 2.91. The van der Waals surface area contributed by atoms with E-state index in [0.717, 1.165) is 5.69 Å². The first kappa shape index (κ1) is 17.9. The van der Waals surface area contributed by atoms with E-state index in [1.165, 1.54) is 0 Å². The second-order valence-corrected chi connectivity index (χ2v) is 6.71. The molecule has 2 aromatic heterocycles. The van der Waals surface area contributed by atoms with E-state index < -0.39 is 0 Å².